The van der Waals surface area contributed by atoms with Crippen LogP contribution in [0.4, 0.5) is 0 Å². The van der Waals surface area contributed by atoms with Crippen molar-refractivity contribution in [2.24, 2.45) is 4.99 Å². The number of benzene rings is 2. The second-order valence-electron chi connectivity index (χ2n) is 8.36. The van der Waals surface area contributed by atoms with Crippen molar-refractivity contribution in [2.45, 2.75) is 32.2 Å². The number of hydrogen-bond acceptors (Lipinski definition) is 3. The molecule has 0 bridgehead atoms. The second kappa shape index (κ2) is 14.5. The minimum Gasteiger partial charge on any atom is -0.356 e. The Labute approximate surface area is 211 Å². The van der Waals surface area contributed by atoms with E-state index in [4.69, 9.17) is 0 Å². The number of nitrogens with zero attached hydrogens (tertiary/aromatic N) is 3. The first-order valence-electron chi connectivity index (χ1n) is 11.7. The molecular weight excluding hydrogens is 509 g/mol. The average Bonchev–Trinajstić information content (AvgIpc) is 2.84. The van der Waals surface area contributed by atoms with Gasteiger partial charge in [-0.05, 0) is 31.0 Å². The van der Waals surface area contributed by atoms with Crippen LogP contribution in [0.1, 0.15) is 37.3 Å². The molecule has 0 saturated carbocycles. The van der Waals surface area contributed by atoms with Crippen LogP contribution in [-0.2, 0) is 0 Å². The number of guanidine groups is 1. The van der Waals surface area contributed by atoms with Crippen molar-refractivity contribution in [1.82, 2.24) is 20.4 Å². The predicted molar refractivity (Wildman–Crippen MR) is 147 cm³/mol. The second-order valence-corrected chi connectivity index (χ2v) is 8.36. The molecule has 1 fully saturated rings. The molecule has 0 radical (unpaired) electrons. The number of rotatable bonds is 9. The Morgan fingerprint density at radius 2 is 1.47 bits per heavy atom. The van der Waals surface area contributed by atoms with E-state index < -0.39 is 0 Å². The molecule has 2 aromatic carbocycles. The van der Waals surface area contributed by atoms with Crippen molar-refractivity contribution in [2.75, 3.05) is 52.9 Å². The molecule has 32 heavy (non-hydrogen) atoms. The molecule has 1 heterocycles. The number of hydrogen-bond donors (Lipinski definition) is 2. The van der Waals surface area contributed by atoms with Crippen LogP contribution in [0.5, 0.6) is 0 Å². The number of likely N-dealkylation sites (N-methyl/N-ethyl adjacent to an activating group) is 1. The molecule has 0 amide bonds. The summed E-state index contributed by atoms with van der Waals surface area (Å²) in [5.74, 6) is 1.26. The zero-order valence-corrected chi connectivity index (χ0v) is 22.2. The van der Waals surface area contributed by atoms with Crippen LogP contribution >= 0.6 is 24.0 Å². The minimum atomic E-state index is 0. The standard InChI is InChI=1S/C26H39N5.HI/c1-4-30-17-19-31(20-18-30)22(2)21-29-26(27-3)28-16-15-25(23-11-7-5-8-12-23)24-13-9-6-10-14-24;/h5-14,22,25H,4,15-21H2,1-3H3,(H2,27,28,29);1H. The van der Waals surface area contributed by atoms with E-state index in [1.165, 1.54) is 24.2 Å². The van der Waals surface area contributed by atoms with Crippen LogP contribution < -0.4 is 10.6 Å². The number of halogens is 1. The summed E-state index contributed by atoms with van der Waals surface area (Å²) in [7, 11) is 1.85. The lowest BCUT2D eigenvalue weighted by atomic mass is 9.88. The zero-order chi connectivity index (χ0) is 21.9. The molecule has 1 atom stereocenters. The number of piperazine rings is 1. The van der Waals surface area contributed by atoms with E-state index in [1.54, 1.807) is 0 Å². The molecule has 2 N–H and O–H groups in total. The maximum Gasteiger partial charge on any atom is 0.191 e. The van der Waals surface area contributed by atoms with Crippen LogP contribution in [0.3, 0.4) is 0 Å². The predicted octanol–water partition coefficient (Wildman–Crippen LogP) is 4.02. The molecule has 1 unspecified atom stereocenters. The van der Waals surface area contributed by atoms with Crippen molar-refractivity contribution in [3.63, 3.8) is 0 Å². The van der Waals surface area contributed by atoms with Crippen molar-refractivity contribution in [3.05, 3.63) is 71.8 Å². The van der Waals surface area contributed by atoms with E-state index >= 15 is 0 Å². The Bertz CT molecular complexity index is 736. The summed E-state index contributed by atoms with van der Waals surface area (Å²) in [6.45, 7) is 12.1. The average molecular weight is 550 g/mol. The van der Waals surface area contributed by atoms with E-state index in [-0.39, 0.29) is 24.0 Å². The Hall–Kier alpha value is -1.64. The van der Waals surface area contributed by atoms with Gasteiger partial charge in [-0.25, -0.2) is 0 Å². The van der Waals surface area contributed by atoms with Crippen LogP contribution in [-0.4, -0.2) is 74.7 Å². The summed E-state index contributed by atoms with van der Waals surface area (Å²) in [5.41, 5.74) is 2.72. The maximum absolute atomic E-state index is 4.44. The van der Waals surface area contributed by atoms with E-state index in [0.717, 1.165) is 45.1 Å². The van der Waals surface area contributed by atoms with Gasteiger partial charge in [-0.2, -0.15) is 0 Å². The summed E-state index contributed by atoms with van der Waals surface area (Å²) in [5, 5.41) is 7.05. The van der Waals surface area contributed by atoms with Crippen LogP contribution in [0.2, 0.25) is 0 Å². The Kier molecular flexibility index (Phi) is 12.1. The lowest BCUT2D eigenvalue weighted by Crippen LogP contribution is -2.53. The van der Waals surface area contributed by atoms with Gasteiger partial charge in [0.05, 0.1) is 0 Å². The number of aliphatic imine (C=N–C) groups is 1. The molecule has 1 aliphatic heterocycles. The molecule has 176 valence electrons. The highest BCUT2D eigenvalue weighted by Crippen LogP contribution is 2.27. The quantitative estimate of drug-likeness (QED) is 0.282. The number of nitrogens with one attached hydrogen (secondary N) is 2. The van der Waals surface area contributed by atoms with Gasteiger partial charge in [0, 0.05) is 58.3 Å². The molecule has 1 aliphatic rings. The fraction of sp³-hybridized carbons (Fsp3) is 0.500. The molecule has 0 spiro atoms. The van der Waals surface area contributed by atoms with Crippen LogP contribution in [0.15, 0.2) is 65.7 Å². The van der Waals surface area contributed by atoms with Crippen molar-refractivity contribution in [3.8, 4) is 0 Å². The van der Waals surface area contributed by atoms with Crippen molar-refractivity contribution >= 4 is 29.9 Å². The van der Waals surface area contributed by atoms with Gasteiger partial charge in [0.25, 0.3) is 0 Å². The summed E-state index contributed by atoms with van der Waals surface area (Å²) in [6, 6.07) is 22.1. The summed E-state index contributed by atoms with van der Waals surface area (Å²) in [4.78, 5) is 9.54. The van der Waals surface area contributed by atoms with Gasteiger partial charge in [0.15, 0.2) is 5.96 Å². The normalized spacial score (nSPS) is 16.4. The van der Waals surface area contributed by atoms with E-state index in [0.29, 0.717) is 12.0 Å². The highest BCUT2D eigenvalue weighted by Gasteiger charge is 2.20. The van der Waals surface area contributed by atoms with Gasteiger partial charge < -0.3 is 15.5 Å². The molecule has 0 aliphatic carbocycles. The van der Waals surface area contributed by atoms with E-state index in [9.17, 15) is 0 Å². The third-order valence-corrected chi connectivity index (χ3v) is 6.40. The lowest BCUT2D eigenvalue weighted by molar-refractivity contribution is 0.107. The van der Waals surface area contributed by atoms with E-state index in [1.807, 2.05) is 7.05 Å². The van der Waals surface area contributed by atoms with Gasteiger partial charge in [-0.1, -0.05) is 67.6 Å². The molecular formula is C26H40IN5. The molecule has 5 nitrogen and oxygen atoms in total. The smallest absolute Gasteiger partial charge is 0.191 e. The topological polar surface area (TPSA) is 42.9 Å². The fourth-order valence-electron chi connectivity index (χ4n) is 4.35. The van der Waals surface area contributed by atoms with Crippen molar-refractivity contribution in [1.29, 1.82) is 0 Å². The largest absolute Gasteiger partial charge is 0.356 e. The maximum atomic E-state index is 4.44. The molecule has 1 saturated heterocycles. The van der Waals surface area contributed by atoms with Gasteiger partial charge in [0.2, 0.25) is 0 Å². The Morgan fingerprint density at radius 1 is 0.906 bits per heavy atom. The monoisotopic (exact) mass is 549 g/mol. The SMILES string of the molecule is CCN1CCN(C(C)CNC(=NC)NCCC(c2ccccc2)c2ccccc2)CC1.I. The first-order chi connectivity index (χ1) is 15.2. The third kappa shape index (κ3) is 8.05. The van der Waals surface area contributed by atoms with Gasteiger partial charge in [0.1, 0.15) is 0 Å². The van der Waals surface area contributed by atoms with Gasteiger partial charge in [-0.3, -0.25) is 9.89 Å². The van der Waals surface area contributed by atoms with Gasteiger partial charge >= 0.3 is 0 Å². The molecule has 6 heteroatoms. The summed E-state index contributed by atoms with van der Waals surface area (Å²) >= 11 is 0. The highest BCUT2D eigenvalue weighted by atomic mass is 127. The Morgan fingerprint density at radius 3 is 1.97 bits per heavy atom. The minimum absolute atomic E-state index is 0. The molecule has 2 aromatic rings. The van der Waals surface area contributed by atoms with Gasteiger partial charge in [-0.15, -0.1) is 24.0 Å². The molecule has 0 aromatic heterocycles. The summed E-state index contributed by atoms with van der Waals surface area (Å²) < 4.78 is 0. The molecule has 3 rings (SSSR count). The van der Waals surface area contributed by atoms with E-state index in [2.05, 4.69) is 99.9 Å². The van der Waals surface area contributed by atoms with Crippen molar-refractivity contribution < 1.29 is 0 Å². The summed E-state index contributed by atoms with van der Waals surface area (Å²) in [6.07, 6.45) is 1.02. The lowest BCUT2D eigenvalue weighted by Gasteiger charge is -2.37. The zero-order valence-electron chi connectivity index (χ0n) is 19.8. The third-order valence-electron chi connectivity index (χ3n) is 6.40. The first-order valence-corrected chi connectivity index (χ1v) is 11.7. The van der Waals surface area contributed by atoms with Crippen LogP contribution in [0, 0.1) is 0 Å². The Balaban J connectivity index is 0.00000363. The first kappa shape index (κ1) is 26.6. The fourth-order valence-corrected chi connectivity index (χ4v) is 4.35. The van der Waals surface area contributed by atoms with Crippen LogP contribution in [0.25, 0.3) is 0 Å². The highest BCUT2D eigenvalue weighted by molar-refractivity contribution is 14.0.